The number of esters is 2. The summed E-state index contributed by atoms with van der Waals surface area (Å²) in [6, 6.07) is 4.02. The van der Waals surface area contributed by atoms with E-state index in [-0.39, 0.29) is 26.7 Å². The van der Waals surface area contributed by atoms with Crippen LogP contribution in [0.15, 0.2) is 18.2 Å². The van der Waals surface area contributed by atoms with Gasteiger partial charge in [0.15, 0.2) is 0 Å². The van der Waals surface area contributed by atoms with Crippen LogP contribution in [0.4, 0.5) is 10.7 Å². The van der Waals surface area contributed by atoms with Gasteiger partial charge in [-0.3, -0.25) is 14.9 Å². The Hall–Kier alpha value is -3.27. The number of benzene rings is 1. The molecule has 2 rings (SSSR count). The molecule has 0 fully saturated rings. The van der Waals surface area contributed by atoms with Crippen molar-refractivity contribution in [3.8, 4) is 0 Å². The van der Waals surface area contributed by atoms with E-state index in [1.165, 1.54) is 33.3 Å². The van der Waals surface area contributed by atoms with E-state index in [9.17, 15) is 24.5 Å². The molecule has 0 radical (unpaired) electrons. The van der Waals surface area contributed by atoms with Gasteiger partial charge in [0.25, 0.3) is 11.6 Å². The topological polar surface area (TPSA) is 125 Å². The van der Waals surface area contributed by atoms with E-state index in [4.69, 9.17) is 4.74 Å². The number of amides is 1. The molecule has 1 aromatic heterocycles. The van der Waals surface area contributed by atoms with Crippen LogP contribution in [0, 0.1) is 24.0 Å². The van der Waals surface area contributed by atoms with Crippen molar-refractivity contribution in [3.05, 3.63) is 55.4 Å². The lowest BCUT2D eigenvalue weighted by Crippen LogP contribution is -2.14. The molecule has 1 amide bonds. The number of carbonyl (C=O) groups excluding carboxylic acids is 3. The third-order valence-electron chi connectivity index (χ3n) is 3.80. The Kier molecular flexibility index (Phi) is 5.91. The molecule has 27 heavy (non-hydrogen) atoms. The van der Waals surface area contributed by atoms with Gasteiger partial charge in [0.1, 0.15) is 9.88 Å². The number of aryl methyl sites for hydroxylation is 1. The molecule has 1 heterocycles. The summed E-state index contributed by atoms with van der Waals surface area (Å²) in [6.45, 7) is 3.09. The van der Waals surface area contributed by atoms with Gasteiger partial charge in [-0.15, -0.1) is 11.3 Å². The molecule has 0 aliphatic rings. The van der Waals surface area contributed by atoms with E-state index in [1.54, 1.807) is 6.92 Å². The molecule has 0 saturated carbocycles. The molecule has 0 saturated heterocycles. The smallest absolute Gasteiger partial charge is 0.348 e. The van der Waals surface area contributed by atoms with Gasteiger partial charge in [0, 0.05) is 17.2 Å². The van der Waals surface area contributed by atoms with Crippen molar-refractivity contribution in [2.75, 3.05) is 19.5 Å². The Morgan fingerprint density at radius 2 is 1.74 bits per heavy atom. The second-order valence-corrected chi connectivity index (χ2v) is 6.48. The average Bonchev–Trinajstić information content (AvgIpc) is 2.96. The molecule has 0 aliphatic heterocycles. The number of hydrogen-bond acceptors (Lipinski definition) is 8. The zero-order valence-corrected chi connectivity index (χ0v) is 15.8. The summed E-state index contributed by atoms with van der Waals surface area (Å²) in [5.74, 6) is -2.06. The lowest BCUT2D eigenvalue weighted by atomic mass is 10.1. The summed E-state index contributed by atoms with van der Waals surface area (Å²) in [6.07, 6.45) is 0. The van der Waals surface area contributed by atoms with Gasteiger partial charge >= 0.3 is 11.9 Å². The van der Waals surface area contributed by atoms with E-state index < -0.39 is 22.8 Å². The van der Waals surface area contributed by atoms with Gasteiger partial charge in [-0.25, -0.2) is 9.59 Å². The van der Waals surface area contributed by atoms with Crippen LogP contribution >= 0.6 is 11.3 Å². The maximum absolute atomic E-state index is 12.5. The number of nitro benzene ring substituents is 1. The predicted octanol–water partition coefficient (Wildman–Crippen LogP) is 3.10. The first kappa shape index (κ1) is 20.0. The van der Waals surface area contributed by atoms with Crippen molar-refractivity contribution in [2.45, 2.75) is 13.8 Å². The minimum Gasteiger partial charge on any atom is -0.465 e. The number of anilines is 1. The maximum atomic E-state index is 12.5. The van der Waals surface area contributed by atoms with Crippen molar-refractivity contribution in [2.24, 2.45) is 0 Å². The predicted molar refractivity (Wildman–Crippen MR) is 97.5 cm³/mol. The SMILES string of the molecule is COC(=O)c1sc(NC(=O)c2ccc(C)c([N+](=O)[O-])c2)c(C(=O)OC)c1C. The van der Waals surface area contributed by atoms with Crippen LogP contribution in [0.2, 0.25) is 0 Å². The van der Waals surface area contributed by atoms with E-state index in [0.29, 0.717) is 11.1 Å². The molecule has 2 aromatic rings. The number of rotatable bonds is 5. The van der Waals surface area contributed by atoms with Crippen LogP contribution in [-0.4, -0.2) is 37.0 Å². The number of nitro groups is 1. The fourth-order valence-corrected chi connectivity index (χ4v) is 3.47. The summed E-state index contributed by atoms with van der Waals surface area (Å²) in [5, 5.41) is 13.7. The van der Waals surface area contributed by atoms with Gasteiger partial charge in [-0.2, -0.15) is 0 Å². The first-order chi connectivity index (χ1) is 12.7. The number of nitrogens with zero attached hydrogens (tertiary/aromatic N) is 1. The van der Waals surface area contributed by atoms with Crippen LogP contribution in [0.1, 0.15) is 41.5 Å². The highest BCUT2D eigenvalue weighted by atomic mass is 32.1. The van der Waals surface area contributed by atoms with E-state index in [0.717, 1.165) is 17.4 Å². The standard InChI is InChI=1S/C17H16N2O7S/c1-8-5-6-10(7-11(8)19(23)24)14(20)18-15-12(16(21)25-3)9(2)13(27-15)17(22)26-4/h5-7H,1-4H3,(H,18,20). The zero-order chi connectivity index (χ0) is 20.3. The van der Waals surface area contributed by atoms with Crippen LogP contribution in [0.5, 0.6) is 0 Å². The summed E-state index contributed by atoms with van der Waals surface area (Å²) >= 11 is 0.858. The van der Waals surface area contributed by atoms with E-state index in [2.05, 4.69) is 10.1 Å². The largest absolute Gasteiger partial charge is 0.465 e. The van der Waals surface area contributed by atoms with Crippen LogP contribution in [0.25, 0.3) is 0 Å². The summed E-state index contributed by atoms with van der Waals surface area (Å²) in [5.41, 5.74) is 0.579. The third kappa shape index (κ3) is 3.95. The number of ether oxygens (including phenoxy) is 2. The molecule has 0 bridgehead atoms. The molecule has 0 spiro atoms. The minimum absolute atomic E-state index is 0.0258. The van der Waals surface area contributed by atoms with Crippen molar-refractivity contribution in [1.29, 1.82) is 0 Å². The summed E-state index contributed by atoms with van der Waals surface area (Å²) < 4.78 is 9.39. The molecular formula is C17H16N2O7S. The maximum Gasteiger partial charge on any atom is 0.348 e. The highest BCUT2D eigenvalue weighted by Crippen LogP contribution is 2.34. The van der Waals surface area contributed by atoms with Crippen LogP contribution in [-0.2, 0) is 9.47 Å². The Bertz CT molecular complexity index is 949. The molecular weight excluding hydrogens is 376 g/mol. The Labute approximate surface area is 158 Å². The van der Waals surface area contributed by atoms with Gasteiger partial charge in [-0.05, 0) is 25.5 Å². The first-order valence-electron chi connectivity index (χ1n) is 7.57. The average molecular weight is 392 g/mol. The lowest BCUT2D eigenvalue weighted by Gasteiger charge is -2.07. The van der Waals surface area contributed by atoms with Gasteiger partial charge in [0.2, 0.25) is 0 Å². The number of nitrogens with one attached hydrogen (secondary N) is 1. The van der Waals surface area contributed by atoms with Crippen molar-refractivity contribution < 1.29 is 28.8 Å². The molecule has 0 unspecified atom stereocenters. The van der Waals surface area contributed by atoms with Crippen molar-refractivity contribution >= 4 is 39.9 Å². The Morgan fingerprint density at radius 1 is 1.11 bits per heavy atom. The minimum atomic E-state index is -0.732. The van der Waals surface area contributed by atoms with Gasteiger partial charge in [-0.1, -0.05) is 6.07 Å². The monoisotopic (exact) mass is 392 g/mol. The molecule has 9 nitrogen and oxygen atoms in total. The zero-order valence-electron chi connectivity index (χ0n) is 14.9. The molecule has 0 aliphatic carbocycles. The molecule has 1 N–H and O–H groups in total. The highest BCUT2D eigenvalue weighted by Gasteiger charge is 2.27. The third-order valence-corrected chi connectivity index (χ3v) is 4.99. The van der Waals surface area contributed by atoms with Crippen LogP contribution in [0.3, 0.4) is 0 Å². The first-order valence-corrected chi connectivity index (χ1v) is 8.39. The van der Waals surface area contributed by atoms with Crippen molar-refractivity contribution in [3.63, 3.8) is 0 Å². The van der Waals surface area contributed by atoms with Crippen LogP contribution < -0.4 is 5.32 Å². The second-order valence-electron chi connectivity index (χ2n) is 5.46. The Morgan fingerprint density at radius 3 is 2.30 bits per heavy atom. The quantitative estimate of drug-likeness (QED) is 0.471. The summed E-state index contributed by atoms with van der Waals surface area (Å²) in [7, 11) is 2.37. The number of methoxy groups -OCH3 is 2. The number of carbonyl (C=O) groups is 3. The summed E-state index contributed by atoms with van der Waals surface area (Å²) in [4.78, 5) is 47.1. The second kappa shape index (κ2) is 7.96. The molecule has 142 valence electrons. The van der Waals surface area contributed by atoms with Gasteiger partial charge in [0.05, 0.1) is 24.7 Å². The lowest BCUT2D eigenvalue weighted by molar-refractivity contribution is -0.385. The normalized spacial score (nSPS) is 10.2. The molecule has 0 atom stereocenters. The fourth-order valence-electron chi connectivity index (χ4n) is 2.36. The molecule has 10 heteroatoms. The van der Waals surface area contributed by atoms with Gasteiger partial charge < -0.3 is 14.8 Å². The number of thiophene rings is 1. The fraction of sp³-hybridized carbons (Fsp3) is 0.235. The number of hydrogen-bond donors (Lipinski definition) is 1. The van der Waals surface area contributed by atoms with E-state index in [1.807, 2.05) is 0 Å². The Balaban J connectivity index is 2.46. The van der Waals surface area contributed by atoms with Crippen molar-refractivity contribution in [1.82, 2.24) is 0 Å². The van der Waals surface area contributed by atoms with E-state index >= 15 is 0 Å². The highest BCUT2D eigenvalue weighted by molar-refractivity contribution is 7.18. The molecule has 1 aromatic carbocycles.